The second-order valence-electron chi connectivity index (χ2n) is 9.14. The maximum atomic E-state index is 13.4. The lowest BCUT2D eigenvalue weighted by Crippen LogP contribution is -2.12. The van der Waals surface area contributed by atoms with Crippen LogP contribution < -0.4 is 10.1 Å². The lowest BCUT2D eigenvalue weighted by Gasteiger charge is -2.14. The highest BCUT2D eigenvalue weighted by atomic mass is 35.5. The van der Waals surface area contributed by atoms with Crippen LogP contribution in [0.25, 0.3) is 0 Å². The summed E-state index contributed by atoms with van der Waals surface area (Å²) in [7, 11) is 0. The zero-order chi connectivity index (χ0) is 26.0. The Morgan fingerprint density at radius 3 is 2.64 bits per heavy atom. The van der Waals surface area contributed by atoms with Crippen LogP contribution in [-0.2, 0) is 13.2 Å². The summed E-state index contributed by atoms with van der Waals surface area (Å²) in [6.45, 7) is 10.5. The van der Waals surface area contributed by atoms with E-state index < -0.39 is 5.82 Å². The number of aryl methyl sites for hydroxylation is 2. The molecule has 0 unspecified atom stereocenters. The number of rotatable bonds is 8. The van der Waals surface area contributed by atoms with E-state index in [1.807, 2.05) is 19.9 Å². The molecular formula is C28H29ClFN3O3. The molecule has 0 aliphatic carbocycles. The molecule has 8 heteroatoms. The van der Waals surface area contributed by atoms with Crippen LogP contribution in [0.1, 0.15) is 64.2 Å². The predicted molar refractivity (Wildman–Crippen MR) is 138 cm³/mol. The number of anilines is 1. The fraction of sp³-hybridized carbons (Fsp3) is 0.286. The van der Waals surface area contributed by atoms with Gasteiger partial charge in [-0.25, -0.2) is 4.39 Å². The first-order valence-electron chi connectivity index (χ1n) is 11.7. The molecule has 6 nitrogen and oxygen atoms in total. The largest absolute Gasteiger partial charge is 0.485 e. The van der Waals surface area contributed by atoms with Gasteiger partial charge in [0.05, 0.1) is 23.6 Å². The summed E-state index contributed by atoms with van der Waals surface area (Å²) in [5, 5.41) is 7.73. The summed E-state index contributed by atoms with van der Waals surface area (Å²) in [6, 6.07) is 13.8. The number of ether oxygens (including phenoxy) is 1. The van der Waals surface area contributed by atoms with Crippen LogP contribution in [-0.4, -0.2) is 15.7 Å². The molecule has 2 aromatic heterocycles. The molecule has 1 amide bonds. The summed E-state index contributed by atoms with van der Waals surface area (Å²) in [5.41, 5.74) is 4.95. The van der Waals surface area contributed by atoms with Gasteiger partial charge in [0.1, 0.15) is 23.9 Å². The summed E-state index contributed by atoms with van der Waals surface area (Å²) in [5.74, 6) is 1.08. The fourth-order valence-corrected chi connectivity index (χ4v) is 4.22. The smallest absolute Gasteiger partial charge is 0.291 e. The molecule has 36 heavy (non-hydrogen) atoms. The molecule has 2 heterocycles. The molecule has 0 bridgehead atoms. The van der Waals surface area contributed by atoms with Crippen molar-refractivity contribution in [1.29, 1.82) is 0 Å². The first kappa shape index (κ1) is 25.5. The monoisotopic (exact) mass is 509 g/mol. The van der Waals surface area contributed by atoms with E-state index in [1.165, 1.54) is 12.1 Å². The van der Waals surface area contributed by atoms with Gasteiger partial charge in [0.25, 0.3) is 5.91 Å². The Morgan fingerprint density at radius 1 is 1.14 bits per heavy atom. The Balaban J connectivity index is 1.44. The highest BCUT2D eigenvalue weighted by molar-refractivity contribution is 6.31. The Hall–Kier alpha value is -3.58. The number of benzene rings is 2. The SMILES string of the molecule is Cc1ccc(C(C)C)c(OCc2ccc(C(=O)Nc3c(C)nn(Cc4ccc(F)cc4Cl)c3C)o2)c1. The topological polar surface area (TPSA) is 69.3 Å². The third kappa shape index (κ3) is 5.62. The fourth-order valence-electron chi connectivity index (χ4n) is 3.99. The maximum absolute atomic E-state index is 13.4. The van der Waals surface area contributed by atoms with Crippen molar-refractivity contribution in [2.45, 2.75) is 53.7 Å². The quantitative estimate of drug-likeness (QED) is 0.273. The van der Waals surface area contributed by atoms with Gasteiger partial charge in [-0.15, -0.1) is 0 Å². The van der Waals surface area contributed by atoms with Gasteiger partial charge in [0.15, 0.2) is 5.76 Å². The molecule has 1 N–H and O–H groups in total. The van der Waals surface area contributed by atoms with Crippen molar-refractivity contribution < 1.29 is 18.3 Å². The average molecular weight is 510 g/mol. The normalized spacial score (nSPS) is 11.2. The maximum Gasteiger partial charge on any atom is 0.291 e. The van der Waals surface area contributed by atoms with Crippen molar-refractivity contribution in [3.05, 3.63) is 99.0 Å². The zero-order valence-corrected chi connectivity index (χ0v) is 21.7. The molecule has 0 saturated carbocycles. The summed E-state index contributed by atoms with van der Waals surface area (Å²) < 4.78 is 26.9. The van der Waals surface area contributed by atoms with Gasteiger partial charge >= 0.3 is 0 Å². The van der Waals surface area contributed by atoms with Crippen LogP contribution in [0.15, 0.2) is 52.9 Å². The van der Waals surface area contributed by atoms with Gasteiger partial charge in [-0.3, -0.25) is 9.48 Å². The number of nitrogens with one attached hydrogen (secondary N) is 1. The van der Waals surface area contributed by atoms with E-state index in [0.29, 0.717) is 34.6 Å². The van der Waals surface area contributed by atoms with Crippen molar-refractivity contribution in [3.63, 3.8) is 0 Å². The van der Waals surface area contributed by atoms with E-state index in [4.69, 9.17) is 20.8 Å². The van der Waals surface area contributed by atoms with Gasteiger partial charge in [-0.1, -0.05) is 43.6 Å². The lowest BCUT2D eigenvalue weighted by atomic mass is 10.0. The number of carbonyl (C=O) groups excluding carboxylic acids is 1. The molecule has 0 fully saturated rings. The highest BCUT2D eigenvalue weighted by Crippen LogP contribution is 2.29. The molecular weight excluding hydrogens is 481 g/mol. The number of halogens is 2. The van der Waals surface area contributed by atoms with Crippen molar-refractivity contribution in [2.24, 2.45) is 0 Å². The molecule has 0 saturated heterocycles. The van der Waals surface area contributed by atoms with Gasteiger partial charge < -0.3 is 14.5 Å². The van der Waals surface area contributed by atoms with Crippen molar-refractivity contribution >= 4 is 23.2 Å². The highest BCUT2D eigenvalue weighted by Gasteiger charge is 2.19. The minimum atomic E-state index is -0.396. The first-order valence-corrected chi connectivity index (χ1v) is 12.1. The molecule has 4 rings (SSSR count). The minimum absolute atomic E-state index is 0.176. The van der Waals surface area contributed by atoms with Crippen LogP contribution in [0.5, 0.6) is 5.75 Å². The van der Waals surface area contributed by atoms with Crippen LogP contribution in [0.3, 0.4) is 0 Å². The van der Waals surface area contributed by atoms with E-state index >= 15 is 0 Å². The van der Waals surface area contributed by atoms with Gasteiger partial charge in [-0.05, 0) is 73.7 Å². The Labute approximate surface area is 215 Å². The molecule has 0 atom stereocenters. The molecule has 0 radical (unpaired) electrons. The van der Waals surface area contributed by atoms with E-state index in [2.05, 4.69) is 36.4 Å². The molecule has 0 aliphatic heterocycles. The van der Waals surface area contributed by atoms with E-state index in [1.54, 1.807) is 29.8 Å². The molecule has 188 valence electrons. The van der Waals surface area contributed by atoms with Crippen molar-refractivity contribution in [1.82, 2.24) is 9.78 Å². The Kier molecular flexibility index (Phi) is 7.50. The number of hydrogen-bond donors (Lipinski definition) is 1. The molecule has 0 spiro atoms. The van der Waals surface area contributed by atoms with E-state index in [-0.39, 0.29) is 18.3 Å². The summed E-state index contributed by atoms with van der Waals surface area (Å²) in [6.07, 6.45) is 0. The third-order valence-corrected chi connectivity index (χ3v) is 6.35. The summed E-state index contributed by atoms with van der Waals surface area (Å²) in [4.78, 5) is 12.9. The van der Waals surface area contributed by atoms with E-state index in [9.17, 15) is 9.18 Å². The molecule has 0 aliphatic rings. The predicted octanol–water partition coefficient (Wildman–Crippen LogP) is 7.20. The minimum Gasteiger partial charge on any atom is -0.485 e. The summed E-state index contributed by atoms with van der Waals surface area (Å²) >= 11 is 6.17. The number of nitrogens with zero attached hydrogens (tertiary/aromatic N) is 2. The number of amides is 1. The van der Waals surface area contributed by atoms with Crippen LogP contribution in [0.4, 0.5) is 10.1 Å². The van der Waals surface area contributed by atoms with Crippen molar-refractivity contribution in [2.75, 3.05) is 5.32 Å². The third-order valence-electron chi connectivity index (χ3n) is 6.00. The average Bonchev–Trinajstić information content (AvgIpc) is 3.40. The van der Waals surface area contributed by atoms with Crippen LogP contribution in [0, 0.1) is 26.6 Å². The van der Waals surface area contributed by atoms with Gasteiger partial charge in [0, 0.05) is 5.02 Å². The lowest BCUT2D eigenvalue weighted by molar-refractivity contribution is 0.0992. The Morgan fingerprint density at radius 2 is 1.92 bits per heavy atom. The van der Waals surface area contributed by atoms with Crippen molar-refractivity contribution in [3.8, 4) is 5.75 Å². The zero-order valence-electron chi connectivity index (χ0n) is 21.0. The molecule has 2 aromatic carbocycles. The second-order valence-corrected chi connectivity index (χ2v) is 9.55. The number of carbonyl (C=O) groups is 1. The number of furan rings is 1. The van der Waals surface area contributed by atoms with Gasteiger partial charge in [-0.2, -0.15) is 5.10 Å². The standard InChI is InChI=1S/C28H29ClFN3O3/c1-16(2)23-10-6-17(3)12-26(23)35-15-22-9-11-25(36-22)28(34)31-27-18(4)32-33(19(27)5)14-20-7-8-21(30)13-24(20)29/h6-13,16H,14-15H2,1-5H3,(H,31,34). The van der Waals surface area contributed by atoms with Crippen LogP contribution in [0.2, 0.25) is 5.02 Å². The number of hydrogen-bond acceptors (Lipinski definition) is 4. The Bertz CT molecular complexity index is 1410. The van der Waals surface area contributed by atoms with Gasteiger partial charge in [0.2, 0.25) is 0 Å². The second kappa shape index (κ2) is 10.6. The van der Waals surface area contributed by atoms with E-state index in [0.717, 1.165) is 28.1 Å². The molecule has 4 aromatic rings. The first-order chi connectivity index (χ1) is 17.1. The number of aromatic nitrogens is 2. The van der Waals surface area contributed by atoms with Crippen LogP contribution >= 0.6 is 11.6 Å².